The van der Waals surface area contributed by atoms with Crippen LogP contribution in [-0.4, -0.2) is 37.0 Å². The number of rotatable bonds is 3. The summed E-state index contributed by atoms with van der Waals surface area (Å²) in [5.41, 5.74) is 1.93. The van der Waals surface area contributed by atoms with Crippen LogP contribution in [0.5, 0.6) is 0 Å². The van der Waals surface area contributed by atoms with Crippen molar-refractivity contribution in [2.75, 3.05) is 0 Å². The van der Waals surface area contributed by atoms with Crippen LogP contribution in [0.2, 0.25) is 0 Å². The first-order valence-electron chi connectivity index (χ1n) is 8.10. The second-order valence-corrected chi connectivity index (χ2v) is 6.29. The summed E-state index contributed by atoms with van der Waals surface area (Å²) in [6, 6.07) is 7.64. The number of aryl methyl sites for hydroxylation is 1. The SMILES string of the molecule is Cc1ncnc2c1ccn2[C@@H]1O[C@H]([C@H](O)c2cccc(F)c2)C[C@H]1O. The number of nitrogens with zero attached hydrogens (tertiary/aromatic N) is 3. The first-order chi connectivity index (χ1) is 12.0. The highest BCUT2D eigenvalue weighted by Crippen LogP contribution is 2.37. The molecule has 2 N–H and O–H groups in total. The van der Waals surface area contributed by atoms with Crippen molar-refractivity contribution >= 4 is 11.0 Å². The van der Waals surface area contributed by atoms with Crippen molar-refractivity contribution in [1.82, 2.24) is 14.5 Å². The van der Waals surface area contributed by atoms with Gasteiger partial charge in [0.05, 0.1) is 11.8 Å². The molecule has 2 aromatic heterocycles. The maximum atomic E-state index is 13.4. The lowest BCUT2D eigenvalue weighted by Gasteiger charge is -2.20. The first-order valence-corrected chi connectivity index (χ1v) is 8.10. The number of hydrogen-bond donors (Lipinski definition) is 2. The Morgan fingerprint density at radius 3 is 2.96 bits per heavy atom. The normalized spacial score (nSPS) is 24.7. The van der Waals surface area contributed by atoms with Crippen molar-refractivity contribution in [3.63, 3.8) is 0 Å². The van der Waals surface area contributed by atoms with Gasteiger partial charge in [0.2, 0.25) is 0 Å². The van der Waals surface area contributed by atoms with E-state index in [-0.39, 0.29) is 6.42 Å². The van der Waals surface area contributed by atoms with Gasteiger partial charge >= 0.3 is 0 Å². The van der Waals surface area contributed by atoms with Gasteiger partial charge < -0.3 is 19.5 Å². The summed E-state index contributed by atoms with van der Waals surface area (Å²) in [6.07, 6.45) is 0.368. The summed E-state index contributed by atoms with van der Waals surface area (Å²) in [5.74, 6) is -0.421. The molecule has 1 fully saturated rings. The van der Waals surface area contributed by atoms with Crippen LogP contribution < -0.4 is 0 Å². The van der Waals surface area contributed by atoms with E-state index in [1.807, 2.05) is 13.0 Å². The highest BCUT2D eigenvalue weighted by atomic mass is 19.1. The molecule has 0 aliphatic carbocycles. The molecule has 1 saturated heterocycles. The fraction of sp³-hybridized carbons (Fsp3) is 0.333. The van der Waals surface area contributed by atoms with E-state index in [2.05, 4.69) is 9.97 Å². The molecule has 1 aromatic carbocycles. The highest BCUT2D eigenvalue weighted by Gasteiger charge is 2.39. The van der Waals surface area contributed by atoms with Crippen molar-refractivity contribution in [3.05, 3.63) is 59.9 Å². The molecule has 1 aliphatic heterocycles. The van der Waals surface area contributed by atoms with Crippen LogP contribution >= 0.6 is 0 Å². The zero-order valence-corrected chi connectivity index (χ0v) is 13.6. The smallest absolute Gasteiger partial charge is 0.161 e. The minimum atomic E-state index is -1.02. The molecule has 0 saturated carbocycles. The molecule has 0 radical (unpaired) electrons. The van der Waals surface area contributed by atoms with E-state index in [9.17, 15) is 14.6 Å². The monoisotopic (exact) mass is 343 g/mol. The molecular formula is C18H18FN3O3. The van der Waals surface area contributed by atoms with E-state index in [0.29, 0.717) is 11.2 Å². The lowest BCUT2D eigenvalue weighted by atomic mass is 10.0. The van der Waals surface area contributed by atoms with E-state index in [1.165, 1.54) is 24.5 Å². The molecule has 3 heterocycles. The van der Waals surface area contributed by atoms with Crippen molar-refractivity contribution < 1.29 is 19.3 Å². The summed E-state index contributed by atoms with van der Waals surface area (Å²) in [5, 5.41) is 21.8. The van der Waals surface area contributed by atoms with Gasteiger partial charge in [-0.15, -0.1) is 0 Å². The van der Waals surface area contributed by atoms with Gasteiger partial charge in [0, 0.05) is 18.0 Å². The van der Waals surface area contributed by atoms with Crippen LogP contribution in [0.3, 0.4) is 0 Å². The highest BCUT2D eigenvalue weighted by molar-refractivity contribution is 5.78. The third-order valence-electron chi connectivity index (χ3n) is 4.64. The van der Waals surface area contributed by atoms with Gasteiger partial charge in [-0.1, -0.05) is 12.1 Å². The third-order valence-corrected chi connectivity index (χ3v) is 4.64. The van der Waals surface area contributed by atoms with Gasteiger partial charge in [0.25, 0.3) is 0 Å². The van der Waals surface area contributed by atoms with Crippen molar-refractivity contribution in [3.8, 4) is 0 Å². The quantitative estimate of drug-likeness (QED) is 0.762. The Kier molecular flexibility index (Phi) is 3.99. The Hall–Kier alpha value is -2.35. The second-order valence-electron chi connectivity index (χ2n) is 6.29. The lowest BCUT2D eigenvalue weighted by molar-refractivity contribution is -0.0750. The van der Waals surface area contributed by atoms with E-state index >= 15 is 0 Å². The minimum Gasteiger partial charge on any atom is -0.388 e. The van der Waals surface area contributed by atoms with E-state index in [0.717, 1.165) is 11.1 Å². The average molecular weight is 343 g/mol. The maximum Gasteiger partial charge on any atom is 0.161 e. The minimum absolute atomic E-state index is 0.242. The number of aromatic nitrogens is 3. The molecule has 1 aliphatic rings. The van der Waals surface area contributed by atoms with E-state index in [4.69, 9.17) is 4.74 Å². The summed E-state index contributed by atoms with van der Waals surface area (Å²) in [7, 11) is 0. The molecule has 0 spiro atoms. The number of benzene rings is 1. The number of aliphatic hydroxyl groups is 2. The number of aliphatic hydroxyl groups excluding tert-OH is 2. The Bertz CT molecular complexity index is 913. The van der Waals surface area contributed by atoms with E-state index < -0.39 is 30.4 Å². The largest absolute Gasteiger partial charge is 0.388 e. The zero-order chi connectivity index (χ0) is 17.6. The number of ether oxygens (including phenoxy) is 1. The Morgan fingerprint density at radius 1 is 1.32 bits per heavy atom. The van der Waals surface area contributed by atoms with Gasteiger partial charge in [-0.25, -0.2) is 14.4 Å². The Morgan fingerprint density at radius 2 is 2.16 bits per heavy atom. The zero-order valence-electron chi connectivity index (χ0n) is 13.6. The van der Waals surface area contributed by atoms with Gasteiger partial charge in [0.15, 0.2) is 6.23 Å². The standard InChI is InChI=1S/C18H18FN3O3/c1-10-13-5-6-22(17(13)21-9-20-10)18-14(23)8-15(25-18)16(24)11-3-2-4-12(19)7-11/h2-7,9,14-16,18,23-24H,8H2,1H3/t14-,15+,16-,18-/m1/s1. The molecule has 0 bridgehead atoms. The van der Waals surface area contributed by atoms with Gasteiger partial charge in [-0.05, 0) is 30.7 Å². The van der Waals surface area contributed by atoms with Crippen LogP contribution in [-0.2, 0) is 4.74 Å². The van der Waals surface area contributed by atoms with Crippen LogP contribution in [0.25, 0.3) is 11.0 Å². The molecule has 130 valence electrons. The van der Waals surface area contributed by atoms with Gasteiger partial charge in [0.1, 0.15) is 30.0 Å². The Labute approximate surface area is 143 Å². The third kappa shape index (κ3) is 2.80. The molecular weight excluding hydrogens is 325 g/mol. The summed E-state index contributed by atoms with van der Waals surface area (Å²) in [6.45, 7) is 1.89. The van der Waals surface area contributed by atoms with Crippen LogP contribution in [0.1, 0.15) is 30.0 Å². The number of fused-ring (bicyclic) bond motifs is 1. The molecule has 4 atom stereocenters. The summed E-state index contributed by atoms with van der Waals surface area (Å²) in [4.78, 5) is 8.42. The van der Waals surface area contributed by atoms with Gasteiger partial charge in [-0.2, -0.15) is 0 Å². The summed E-state index contributed by atoms with van der Waals surface area (Å²) >= 11 is 0. The fourth-order valence-electron chi connectivity index (χ4n) is 3.34. The maximum absolute atomic E-state index is 13.4. The van der Waals surface area contributed by atoms with E-state index in [1.54, 1.807) is 16.8 Å². The second kappa shape index (κ2) is 6.18. The molecule has 7 heteroatoms. The van der Waals surface area contributed by atoms with Gasteiger partial charge in [-0.3, -0.25) is 0 Å². The molecule has 0 amide bonds. The van der Waals surface area contributed by atoms with Crippen molar-refractivity contribution in [2.24, 2.45) is 0 Å². The predicted octanol–water partition coefficient (Wildman–Crippen LogP) is 2.26. The van der Waals surface area contributed by atoms with Crippen LogP contribution in [0.15, 0.2) is 42.9 Å². The molecule has 4 rings (SSSR count). The predicted molar refractivity (Wildman–Crippen MR) is 88.2 cm³/mol. The first kappa shape index (κ1) is 16.1. The number of halogens is 1. The number of hydrogen-bond acceptors (Lipinski definition) is 5. The Balaban J connectivity index is 1.61. The molecule has 0 unspecified atom stereocenters. The fourth-order valence-corrected chi connectivity index (χ4v) is 3.34. The van der Waals surface area contributed by atoms with Crippen LogP contribution in [0, 0.1) is 12.7 Å². The average Bonchev–Trinajstić information content (AvgIpc) is 3.18. The van der Waals surface area contributed by atoms with Crippen molar-refractivity contribution in [2.45, 2.75) is 37.9 Å². The molecule has 6 nitrogen and oxygen atoms in total. The topological polar surface area (TPSA) is 80.4 Å². The lowest BCUT2D eigenvalue weighted by Crippen LogP contribution is -2.20. The molecule has 25 heavy (non-hydrogen) atoms. The van der Waals surface area contributed by atoms with Crippen LogP contribution in [0.4, 0.5) is 4.39 Å². The summed E-state index contributed by atoms with van der Waals surface area (Å²) < 4.78 is 21.0. The molecule has 3 aromatic rings. The van der Waals surface area contributed by atoms with Crippen molar-refractivity contribution in [1.29, 1.82) is 0 Å².